The van der Waals surface area contributed by atoms with Crippen molar-refractivity contribution in [2.45, 2.75) is 0 Å². The molecule has 0 N–H and O–H groups in total. The summed E-state index contributed by atoms with van der Waals surface area (Å²) >= 11 is 0. The molecule has 0 atom stereocenters. The number of aromatic nitrogens is 3. The quantitative estimate of drug-likeness (QED) is 0.168. The molecular weight excluding hydrogens is 671 g/mol. The Hall–Kier alpha value is -7.43. The normalized spacial score (nSPS) is 11.6. The van der Waals surface area contributed by atoms with Crippen LogP contribution in [-0.2, 0) is 0 Å². The summed E-state index contributed by atoms with van der Waals surface area (Å²) in [5, 5.41) is 9.07. The zero-order valence-corrected chi connectivity index (χ0v) is 29.6. The first-order valence-electron chi connectivity index (χ1n) is 18.5. The van der Waals surface area contributed by atoms with Crippen molar-refractivity contribution in [2.75, 3.05) is 0 Å². The number of furan rings is 1. The molecule has 0 aliphatic heterocycles. The maximum absolute atomic E-state index is 6.53. The van der Waals surface area contributed by atoms with E-state index in [2.05, 4.69) is 170 Å². The summed E-state index contributed by atoms with van der Waals surface area (Å²) in [5.41, 5.74) is 9.06. The average Bonchev–Trinajstić information content (AvgIpc) is 3.63. The lowest BCUT2D eigenvalue weighted by Crippen LogP contribution is -2.00. The van der Waals surface area contributed by atoms with Crippen molar-refractivity contribution in [2.24, 2.45) is 0 Å². The maximum Gasteiger partial charge on any atom is 0.164 e. The average molecular weight is 702 g/mol. The van der Waals surface area contributed by atoms with E-state index in [4.69, 9.17) is 19.4 Å². The molecule has 0 amide bonds. The summed E-state index contributed by atoms with van der Waals surface area (Å²) in [7, 11) is 0. The van der Waals surface area contributed by atoms with E-state index in [-0.39, 0.29) is 0 Å². The topological polar surface area (TPSA) is 51.8 Å². The number of hydrogen-bond donors (Lipinski definition) is 0. The Bertz CT molecular complexity index is 3240. The largest absolute Gasteiger partial charge is 0.456 e. The van der Waals surface area contributed by atoms with Crippen molar-refractivity contribution in [3.63, 3.8) is 0 Å². The molecule has 0 fully saturated rings. The van der Waals surface area contributed by atoms with E-state index in [1.165, 1.54) is 32.7 Å². The first kappa shape index (κ1) is 31.1. The fraction of sp³-hybridized carbons (Fsp3) is 0. The summed E-state index contributed by atoms with van der Waals surface area (Å²) in [6.07, 6.45) is 0. The monoisotopic (exact) mass is 701 g/mol. The van der Waals surface area contributed by atoms with Crippen molar-refractivity contribution in [1.82, 2.24) is 15.0 Å². The van der Waals surface area contributed by atoms with Gasteiger partial charge in [-0.1, -0.05) is 164 Å². The van der Waals surface area contributed by atoms with E-state index in [9.17, 15) is 0 Å². The van der Waals surface area contributed by atoms with E-state index in [0.29, 0.717) is 17.5 Å². The van der Waals surface area contributed by atoms with Crippen molar-refractivity contribution >= 4 is 54.3 Å². The van der Waals surface area contributed by atoms with Gasteiger partial charge in [-0.05, 0) is 78.8 Å². The van der Waals surface area contributed by atoms with Crippen LogP contribution < -0.4 is 0 Å². The van der Waals surface area contributed by atoms with Crippen LogP contribution in [0.15, 0.2) is 192 Å². The van der Waals surface area contributed by atoms with Crippen molar-refractivity contribution in [3.8, 4) is 56.4 Å². The zero-order chi connectivity index (χ0) is 36.3. The molecule has 2 heterocycles. The Balaban J connectivity index is 1.07. The lowest BCUT2D eigenvalue weighted by Gasteiger charge is -2.11. The second kappa shape index (κ2) is 12.6. The Morgan fingerprint density at radius 2 is 0.855 bits per heavy atom. The van der Waals surface area contributed by atoms with Crippen LogP contribution in [0.3, 0.4) is 0 Å². The van der Waals surface area contributed by atoms with Gasteiger partial charge in [-0.3, -0.25) is 0 Å². The second-order valence-electron chi connectivity index (χ2n) is 14.0. The molecule has 55 heavy (non-hydrogen) atoms. The minimum Gasteiger partial charge on any atom is -0.456 e. The van der Waals surface area contributed by atoms with Crippen LogP contribution in [0.5, 0.6) is 0 Å². The van der Waals surface area contributed by atoms with Crippen molar-refractivity contribution in [1.29, 1.82) is 0 Å². The predicted octanol–water partition coefficient (Wildman–Crippen LogP) is 13.6. The Kier molecular flexibility index (Phi) is 7.14. The van der Waals surface area contributed by atoms with Gasteiger partial charge in [0.25, 0.3) is 0 Å². The molecule has 256 valence electrons. The third-order valence-corrected chi connectivity index (χ3v) is 10.7. The standard InChI is InChI=1S/C51H31N3O/c1-2-9-32(10-3-1)34-17-19-35(20-18-34)36-21-25-38(26-22-36)49-52-50(41-28-23-33-11-4-5-13-39(33)29-41)54-51(53-49)43-15-8-16-46-48(43)45-31-44-40(30-47(45)55-46)27-24-37-12-6-7-14-42(37)44/h1-31H. The summed E-state index contributed by atoms with van der Waals surface area (Å²) in [4.78, 5) is 15.5. The zero-order valence-electron chi connectivity index (χ0n) is 29.6. The van der Waals surface area contributed by atoms with Crippen LogP contribution in [0.25, 0.3) is 111 Å². The molecule has 4 nitrogen and oxygen atoms in total. The van der Waals surface area contributed by atoms with E-state index >= 15 is 0 Å². The molecule has 0 radical (unpaired) electrons. The lowest BCUT2D eigenvalue weighted by molar-refractivity contribution is 0.669. The lowest BCUT2D eigenvalue weighted by atomic mass is 9.98. The molecule has 4 heteroatoms. The Morgan fingerprint density at radius 1 is 0.291 bits per heavy atom. The van der Waals surface area contributed by atoms with E-state index in [0.717, 1.165) is 60.5 Å². The summed E-state index contributed by atoms with van der Waals surface area (Å²) < 4.78 is 6.53. The van der Waals surface area contributed by atoms with Gasteiger partial charge in [-0.2, -0.15) is 0 Å². The number of rotatable bonds is 5. The minimum atomic E-state index is 0.597. The third kappa shape index (κ3) is 5.43. The molecule has 11 rings (SSSR count). The summed E-state index contributed by atoms with van der Waals surface area (Å²) in [5.74, 6) is 1.83. The minimum absolute atomic E-state index is 0.597. The van der Waals surface area contributed by atoms with E-state index in [1.54, 1.807) is 0 Å². The van der Waals surface area contributed by atoms with E-state index < -0.39 is 0 Å². The molecule has 0 bridgehead atoms. The third-order valence-electron chi connectivity index (χ3n) is 10.7. The fourth-order valence-corrected chi connectivity index (χ4v) is 7.89. The van der Waals surface area contributed by atoms with Crippen molar-refractivity contribution in [3.05, 3.63) is 188 Å². The molecular formula is C51H31N3O. The number of hydrogen-bond acceptors (Lipinski definition) is 4. The fourth-order valence-electron chi connectivity index (χ4n) is 7.89. The molecule has 0 saturated carbocycles. The smallest absolute Gasteiger partial charge is 0.164 e. The van der Waals surface area contributed by atoms with E-state index in [1.807, 2.05) is 18.2 Å². The SMILES string of the molecule is c1ccc(-c2ccc(-c3ccc(-c4nc(-c5ccc6ccccc6c5)nc(-c5cccc6oc7cc8ccc9ccccc9c8cc7c56)n4)cc3)cc2)cc1. The van der Waals surface area contributed by atoms with Crippen molar-refractivity contribution < 1.29 is 4.42 Å². The highest BCUT2D eigenvalue weighted by molar-refractivity contribution is 6.19. The Morgan fingerprint density at radius 3 is 1.62 bits per heavy atom. The van der Waals surface area contributed by atoms with Gasteiger partial charge in [0.15, 0.2) is 17.5 Å². The maximum atomic E-state index is 6.53. The number of nitrogens with zero attached hydrogens (tertiary/aromatic N) is 3. The highest BCUT2D eigenvalue weighted by Crippen LogP contribution is 2.40. The molecule has 0 saturated heterocycles. The van der Waals surface area contributed by atoms with Crippen LogP contribution in [0.4, 0.5) is 0 Å². The van der Waals surface area contributed by atoms with Gasteiger partial charge < -0.3 is 4.42 Å². The summed E-state index contributed by atoms with van der Waals surface area (Å²) in [6.45, 7) is 0. The first-order valence-corrected chi connectivity index (χ1v) is 18.5. The second-order valence-corrected chi connectivity index (χ2v) is 14.0. The highest BCUT2D eigenvalue weighted by Gasteiger charge is 2.19. The Labute approximate surface area is 317 Å². The van der Waals surface area contributed by atoms with Gasteiger partial charge in [-0.25, -0.2) is 15.0 Å². The summed E-state index contributed by atoms with van der Waals surface area (Å²) in [6, 6.07) is 65.9. The van der Waals surface area contributed by atoms with Gasteiger partial charge in [0.2, 0.25) is 0 Å². The molecule has 0 unspecified atom stereocenters. The number of fused-ring (bicyclic) bond motifs is 7. The van der Waals surface area contributed by atoms with Gasteiger partial charge >= 0.3 is 0 Å². The van der Waals surface area contributed by atoms with Crippen LogP contribution in [0.2, 0.25) is 0 Å². The number of benzene rings is 9. The van der Waals surface area contributed by atoms with Gasteiger partial charge in [0.05, 0.1) is 0 Å². The van der Waals surface area contributed by atoms with Gasteiger partial charge in [0.1, 0.15) is 11.2 Å². The molecule has 0 aliphatic carbocycles. The van der Waals surface area contributed by atoms with Crippen LogP contribution >= 0.6 is 0 Å². The first-order chi connectivity index (χ1) is 27.2. The van der Waals surface area contributed by atoms with Crippen LogP contribution in [-0.4, -0.2) is 15.0 Å². The molecule has 9 aromatic carbocycles. The van der Waals surface area contributed by atoms with Gasteiger partial charge in [-0.15, -0.1) is 0 Å². The highest BCUT2D eigenvalue weighted by atomic mass is 16.3. The van der Waals surface area contributed by atoms with Crippen LogP contribution in [0, 0.1) is 0 Å². The predicted molar refractivity (Wildman–Crippen MR) is 227 cm³/mol. The molecule has 0 spiro atoms. The van der Waals surface area contributed by atoms with Gasteiger partial charge in [0, 0.05) is 27.5 Å². The molecule has 2 aromatic heterocycles. The molecule has 0 aliphatic rings. The van der Waals surface area contributed by atoms with Crippen LogP contribution in [0.1, 0.15) is 0 Å². The molecule has 11 aromatic rings.